The Bertz CT molecular complexity index is 709. The standard InChI is InChI=1S/C22H31N3O2/c26-19-7-11-25(14-10-23-19)20-17-3-1-2-4-18(17)22(21(20)27)8-12-24(13-9-22)15-16-5-6-16/h1-4,16,20-21,27H,5-15H2,(H,23,26)/t20-,21+/m1/s1. The van der Waals surface area contributed by atoms with Gasteiger partial charge in [0.05, 0.1) is 12.1 Å². The largest absolute Gasteiger partial charge is 0.390 e. The Morgan fingerprint density at radius 2 is 1.89 bits per heavy atom. The molecule has 1 aromatic rings. The summed E-state index contributed by atoms with van der Waals surface area (Å²) >= 11 is 0. The predicted octanol–water partition coefficient (Wildman–Crippen LogP) is 1.67. The van der Waals surface area contributed by atoms with Gasteiger partial charge < -0.3 is 15.3 Å². The van der Waals surface area contributed by atoms with Gasteiger partial charge in [-0.25, -0.2) is 0 Å². The van der Waals surface area contributed by atoms with Crippen LogP contribution in [-0.4, -0.2) is 66.2 Å². The first-order chi connectivity index (χ1) is 13.2. The van der Waals surface area contributed by atoms with E-state index < -0.39 is 0 Å². The third kappa shape index (κ3) is 3.10. The predicted molar refractivity (Wildman–Crippen MR) is 104 cm³/mol. The lowest BCUT2D eigenvalue weighted by Gasteiger charge is -2.44. The highest BCUT2D eigenvalue weighted by atomic mass is 16.3. The van der Waals surface area contributed by atoms with Crippen molar-refractivity contribution in [1.82, 2.24) is 15.1 Å². The molecule has 1 saturated carbocycles. The van der Waals surface area contributed by atoms with E-state index in [2.05, 4.69) is 39.4 Å². The van der Waals surface area contributed by atoms with E-state index in [1.165, 1.54) is 30.5 Å². The Kier molecular flexibility index (Phi) is 4.49. The van der Waals surface area contributed by atoms with Crippen LogP contribution >= 0.6 is 0 Å². The number of nitrogens with zero attached hydrogens (tertiary/aromatic N) is 2. The van der Waals surface area contributed by atoms with E-state index in [9.17, 15) is 9.90 Å². The molecule has 0 radical (unpaired) electrons. The second-order valence-corrected chi connectivity index (χ2v) is 9.01. The van der Waals surface area contributed by atoms with Gasteiger partial charge in [-0.3, -0.25) is 9.69 Å². The van der Waals surface area contributed by atoms with Crippen LogP contribution in [0, 0.1) is 5.92 Å². The summed E-state index contributed by atoms with van der Waals surface area (Å²) in [5.74, 6) is 1.05. The molecular formula is C22H31N3O2. The van der Waals surface area contributed by atoms with Crippen molar-refractivity contribution in [3.05, 3.63) is 35.4 Å². The first-order valence-electron chi connectivity index (χ1n) is 10.7. The SMILES string of the molecule is O=C1CCN([C@@H]2c3ccccc3C3(CCN(CC4CC4)CC3)[C@H]2O)CCN1. The second-order valence-electron chi connectivity index (χ2n) is 9.01. The average molecular weight is 370 g/mol. The quantitative estimate of drug-likeness (QED) is 0.851. The smallest absolute Gasteiger partial charge is 0.221 e. The Morgan fingerprint density at radius 1 is 1.11 bits per heavy atom. The van der Waals surface area contributed by atoms with Gasteiger partial charge in [0.15, 0.2) is 0 Å². The minimum Gasteiger partial charge on any atom is -0.390 e. The molecule has 3 fully saturated rings. The number of nitrogens with one attached hydrogen (secondary N) is 1. The summed E-state index contributed by atoms with van der Waals surface area (Å²) in [5.41, 5.74) is 2.53. The molecule has 0 aromatic heterocycles. The van der Waals surface area contributed by atoms with Crippen LogP contribution < -0.4 is 5.32 Å². The van der Waals surface area contributed by atoms with E-state index in [-0.39, 0.29) is 23.5 Å². The number of amides is 1. The third-order valence-corrected chi connectivity index (χ3v) is 7.38. The number of piperidine rings is 1. The van der Waals surface area contributed by atoms with E-state index in [4.69, 9.17) is 0 Å². The highest BCUT2D eigenvalue weighted by Gasteiger charge is 2.54. The molecule has 0 unspecified atom stereocenters. The van der Waals surface area contributed by atoms with Gasteiger partial charge in [-0.2, -0.15) is 0 Å². The van der Waals surface area contributed by atoms with Crippen LogP contribution in [0.25, 0.3) is 0 Å². The molecule has 4 aliphatic rings. The number of rotatable bonds is 3. The van der Waals surface area contributed by atoms with Crippen molar-refractivity contribution in [2.45, 2.75) is 49.7 Å². The summed E-state index contributed by atoms with van der Waals surface area (Å²) in [7, 11) is 0. The Balaban J connectivity index is 1.41. The van der Waals surface area contributed by atoms with Crippen molar-refractivity contribution in [2.24, 2.45) is 5.92 Å². The lowest BCUT2D eigenvalue weighted by atomic mass is 9.72. The Labute approximate surface area is 161 Å². The van der Waals surface area contributed by atoms with E-state index in [1.807, 2.05) is 0 Å². The lowest BCUT2D eigenvalue weighted by molar-refractivity contribution is -0.120. The van der Waals surface area contributed by atoms with Crippen LogP contribution in [-0.2, 0) is 10.2 Å². The molecule has 2 heterocycles. The first-order valence-corrected chi connectivity index (χ1v) is 10.7. The lowest BCUT2D eigenvalue weighted by Crippen LogP contribution is -2.50. The van der Waals surface area contributed by atoms with E-state index >= 15 is 0 Å². The zero-order chi connectivity index (χ0) is 18.4. The van der Waals surface area contributed by atoms with Crippen molar-refractivity contribution >= 4 is 5.91 Å². The number of carbonyl (C=O) groups is 1. The number of hydrogen-bond donors (Lipinski definition) is 2. The fourth-order valence-electron chi connectivity index (χ4n) is 5.66. The summed E-state index contributed by atoms with van der Waals surface area (Å²) in [5, 5.41) is 14.6. The van der Waals surface area contributed by atoms with Gasteiger partial charge in [-0.15, -0.1) is 0 Å². The molecular weight excluding hydrogens is 338 g/mol. The molecule has 2 atom stereocenters. The van der Waals surface area contributed by atoms with Gasteiger partial charge in [0.2, 0.25) is 5.91 Å². The van der Waals surface area contributed by atoms with Gasteiger partial charge >= 0.3 is 0 Å². The molecule has 2 saturated heterocycles. The maximum atomic E-state index is 11.8. The van der Waals surface area contributed by atoms with Crippen LogP contribution in [0.2, 0.25) is 0 Å². The van der Waals surface area contributed by atoms with Crippen LogP contribution in [0.4, 0.5) is 0 Å². The van der Waals surface area contributed by atoms with Crippen molar-refractivity contribution in [3.63, 3.8) is 0 Å². The molecule has 5 nitrogen and oxygen atoms in total. The number of hydrogen-bond acceptors (Lipinski definition) is 4. The van der Waals surface area contributed by atoms with Crippen molar-refractivity contribution in [2.75, 3.05) is 39.3 Å². The van der Waals surface area contributed by atoms with Crippen LogP contribution in [0.5, 0.6) is 0 Å². The van der Waals surface area contributed by atoms with Gasteiger partial charge in [-0.05, 0) is 55.8 Å². The molecule has 2 aliphatic heterocycles. The highest BCUT2D eigenvalue weighted by molar-refractivity contribution is 5.76. The molecule has 0 bridgehead atoms. The number of likely N-dealkylation sites (tertiary alicyclic amines) is 1. The minimum absolute atomic E-state index is 0.0175. The summed E-state index contributed by atoms with van der Waals surface area (Å²) in [6.07, 6.45) is 5.02. The summed E-state index contributed by atoms with van der Waals surface area (Å²) in [4.78, 5) is 16.7. The van der Waals surface area contributed by atoms with E-state index in [0.29, 0.717) is 13.0 Å². The van der Waals surface area contributed by atoms with E-state index in [0.717, 1.165) is 44.9 Å². The second kappa shape index (κ2) is 6.87. The Hall–Kier alpha value is -1.43. The van der Waals surface area contributed by atoms with Gasteiger partial charge in [-0.1, -0.05) is 24.3 Å². The molecule has 1 spiro atoms. The number of aliphatic hydroxyl groups is 1. The van der Waals surface area contributed by atoms with Crippen LogP contribution in [0.1, 0.15) is 49.3 Å². The number of benzene rings is 1. The zero-order valence-corrected chi connectivity index (χ0v) is 16.1. The molecule has 5 rings (SSSR count). The maximum absolute atomic E-state index is 11.8. The molecule has 2 N–H and O–H groups in total. The summed E-state index contributed by atoms with van der Waals surface area (Å²) < 4.78 is 0. The van der Waals surface area contributed by atoms with Gasteiger partial charge in [0.1, 0.15) is 0 Å². The molecule has 1 aromatic carbocycles. The third-order valence-electron chi connectivity index (χ3n) is 7.38. The van der Waals surface area contributed by atoms with Gasteiger partial charge in [0, 0.05) is 38.0 Å². The average Bonchev–Trinajstić information content (AvgIpc) is 3.49. The number of fused-ring (bicyclic) bond motifs is 2. The van der Waals surface area contributed by atoms with Gasteiger partial charge in [0.25, 0.3) is 0 Å². The molecule has 2 aliphatic carbocycles. The maximum Gasteiger partial charge on any atom is 0.221 e. The number of carbonyl (C=O) groups excluding carboxylic acids is 1. The van der Waals surface area contributed by atoms with Crippen molar-refractivity contribution in [3.8, 4) is 0 Å². The number of aliphatic hydroxyl groups excluding tert-OH is 1. The summed E-state index contributed by atoms with van der Waals surface area (Å²) in [6, 6.07) is 8.69. The van der Waals surface area contributed by atoms with Crippen LogP contribution in [0.15, 0.2) is 24.3 Å². The first kappa shape index (κ1) is 17.7. The van der Waals surface area contributed by atoms with Crippen molar-refractivity contribution in [1.29, 1.82) is 0 Å². The molecule has 5 heteroatoms. The van der Waals surface area contributed by atoms with Crippen LogP contribution in [0.3, 0.4) is 0 Å². The molecule has 27 heavy (non-hydrogen) atoms. The topological polar surface area (TPSA) is 55.8 Å². The Morgan fingerprint density at radius 3 is 2.67 bits per heavy atom. The summed E-state index contributed by atoms with van der Waals surface area (Å²) in [6.45, 7) is 5.64. The molecule has 1 amide bonds. The van der Waals surface area contributed by atoms with Crippen molar-refractivity contribution < 1.29 is 9.90 Å². The monoisotopic (exact) mass is 369 g/mol. The minimum atomic E-state index is -0.383. The van der Waals surface area contributed by atoms with E-state index in [1.54, 1.807) is 0 Å². The highest BCUT2D eigenvalue weighted by Crippen LogP contribution is 2.53. The fraction of sp³-hybridized carbons (Fsp3) is 0.682. The zero-order valence-electron chi connectivity index (χ0n) is 16.1. The fourth-order valence-corrected chi connectivity index (χ4v) is 5.66. The normalized spacial score (nSPS) is 31.5. The molecule has 146 valence electrons.